The Labute approximate surface area is 142 Å². The van der Waals surface area contributed by atoms with Gasteiger partial charge >= 0.3 is 0 Å². The molecule has 0 radical (unpaired) electrons. The number of primary amides is 1. The van der Waals surface area contributed by atoms with Gasteiger partial charge in [-0.1, -0.05) is 6.07 Å². The van der Waals surface area contributed by atoms with Crippen molar-refractivity contribution in [3.8, 4) is 11.5 Å². The van der Waals surface area contributed by atoms with Gasteiger partial charge in [0.25, 0.3) is 0 Å². The zero-order valence-electron chi connectivity index (χ0n) is 14.0. The number of sulfonamides is 1. The first-order valence-electron chi connectivity index (χ1n) is 7.85. The minimum atomic E-state index is -3.36. The predicted octanol–water partition coefficient (Wildman–Crippen LogP) is 0.773. The number of benzene rings is 1. The minimum absolute atomic E-state index is 0.0176. The number of methoxy groups -OCH3 is 2. The molecule has 1 aliphatic heterocycles. The van der Waals surface area contributed by atoms with Crippen LogP contribution in [0, 0.1) is 5.92 Å². The average Bonchev–Trinajstić information content (AvgIpc) is 2.59. The summed E-state index contributed by atoms with van der Waals surface area (Å²) in [4.78, 5) is 11.2. The van der Waals surface area contributed by atoms with E-state index in [1.54, 1.807) is 26.4 Å². The van der Waals surface area contributed by atoms with Crippen molar-refractivity contribution in [3.63, 3.8) is 0 Å². The van der Waals surface area contributed by atoms with Crippen molar-refractivity contribution in [1.82, 2.24) is 4.31 Å². The zero-order valence-corrected chi connectivity index (χ0v) is 14.8. The second-order valence-corrected chi connectivity index (χ2v) is 7.92. The van der Waals surface area contributed by atoms with Crippen molar-refractivity contribution in [2.45, 2.75) is 19.3 Å². The van der Waals surface area contributed by atoms with Gasteiger partial charge in [-0.05, 0) is 37.0 Å². The monoisotopic (exact) mass is 356 g/mol. The minimum Gasteiger partial charge on any atom is -0.493 e. The highest BCUT2D eigenvalue weighted by Gasteiger charge is 2.29. The third-order valence-corrected chi connectivity index (χ3v) is 6.22. The maximum atomic E-state index is 12.5. The Morgan fingerprint density at radius 2 is 1.83 bits per heavy atom. The van der Waals surface area contributed by atoms with Crippen LogP contribution in [0.3, 0.4) is 0 Å². The number of hydrogen-bond donors (Lipinski definition) is 1. The standard InChI is InChI=1S/C16H24N2O5S/c1-22-14-4-3-12(11-15(14)23-2)7-10-24(20,21)18-8-5-13(6-9-18)16(17)19/h3-4,11,13H,5-10H2,1-2H3,(H2,17,19). The van der Waals surface area contributed by atoms with E-state index in [1.807, 2.05) is 6.07 Å². The van der Waals surface area contributed by atoms with Gasteiger partial charge in [0.2, 0.25) is 15.9 Å². The molecule has 1 aromatic carbocycles. The zero-order chi connectivity index (χ0) is 17.7. The molecule has 1 saturated heterocycles. The Balaban J connectivity index is 1.97. The van der Waals surface area contributed by atoms with Crippen LogP contribution in [0.5, 0.6) is 11.5 Å². The lowest BCUT2D eigenvalue weighted by atomic mass is 9.98. The number of ether oxygens (including phenoxy) is 2. The summed E-state index contributed by atoms with van der Waals surface area (Å²) in [6.45, 7) is 0.698. The number of piperidine rings is 1. The Morgan fingerprint density at radius 1 is 1.21 bits per heavy atom. The van der Waals surface area contributed by atoms with Gasteiger partial charge in [0.1, 0.15) is 0 Å². The molecule has 2 N–H and O–H groups in total. The van der Waals surface area contributed by atoms with Gasteiger partial charge in [-0.15, -0.1) is 0 Å². The van der Waals surface area contributed by atoms with E-state index in [0.29, 0.717) is 43.9 Å². The first-order valence-corrected chi connectivity index (χ1v) is 9.46. The third-order valence-electron chi connectivity index (χ3n) is 4.35. The van der Waals surface area contributed by atoms with E-state index in [1.165, 1.54) is 4.31 Å². The molecule has 1 amide bonds. The molecule has 134 valence electrons. The molecule has 0 aliphatic carbocycles. The number of nitrogens with zero attached hydrogens (tertiary/aromatic N) is 1. The highest BCUT2D eigenvalue weighted by atomic mass is 32.2. The Kier molecular flexibility index (Phi) is 6.06. The van der Waals surface area contributed by atoms with Crippen molar-refractivity contribution >= 4 is 15.9 Å². The van der Waals surface area contributed by atoms with Crippen molar-refractivity contribution < 1.29 is 22.7 Å². The fourth-order valence-corrected chi connectivity index (χ4v) is 4.35. The Morgan fingerprint density at radius 3 is 2.38 bits per heavy atom. The van der Waals surface area contributed by atoms with Gasteiger partial charge in [0.15, 0.2) is 11.5 Å². The molecule has 1 aliphatic rings. The first-order chi connectivity index (χ1) is 11.4. The van der Waals surface area contributed by atoms with Crippen LogP contribution in [0.2, 0.25) is 0 Å². The van der Waals surface area contributed by atoms with E-state index < -0.39 is 10.0 Å². The average molecular weight is 356 g/mol. The molecule has 0 unspecified atom stereocenters. The maximum absolute atomic E-state index is 12.5. The topological polar surface area (TPSA) is 98.9 Å². The molecule has 1 aromatic rings. The van der Waals surface area contributed by atoms with Gasteiger partial charge in [-0.25, -0.2) is 12.7 Å². The fraction of sp³-hybridized carbons (Fsp3) is 0.562. The largest absolute Gasteiger partial charge is 0.493 e. The highest BCUT2D eigenvalue weighted by molar-refractivity contribution is 7.89. The van der Waals surface area contributed by atoms with Crippen molar-refractivity contribution in [1.29, 1.82) is 0 Å². The lowest BCUT2D eigenvalue weighted by Crippen LogP contribution is -2.42. The number of aryl methyl sites for hydroxylation is 1. The van der Waals surface area contributed by atoms with Gasteiger partial charge in [0.05, 0.1) is 20.0 Å². The Bertz CT molecular complexity index is 682. The number of hydrogen-bond acceptors (Lipinski definition) is 5. The number of rotatable bonds is 7. The molecular formula is C16H24N2O5S. The van der Waals surface area contributed by atoms with E-state index in [9.17, 15) is 13.2 Å². The van der Waals surface area contributed by atoms with Crippen LogP contribution in [0.25, 0.3) is 0 Å². The van der Waals surface area contributed by atoms with E-state index in [0.717, 1.165) is 5.56 Å². The van der Waals surface area contributed by atoms with Crippen LogP contribution >= 0.6 is 0 Å². The van der Waals surface area contributed by atoms with Crippen LogP contribution in [-0.2, 0) is 21.2 Å². The van der Waals surface area contributed by atoms with E-state index in [4.69, 9.17) is 15.2 Å². The number of carbonyl (C=O) groups is 1. The summed E-state index contributed by atoms with van der Waals surface area (Å²) in [5.74, 6) is 0.635. The molecule has 0 saturated carbocycles. The molecule has 0 aromatic heterocycles. The molecule has 0 atom stereocenters. The summed E-state index contributed by atoms with van der Waals surface area (Å²) < 4.78 is 36.8. The molecular weight excluding hydrogens is 332 g/mol. The maximum Gasteiger partial charge on any atom is 0.220 e. The van der Waals surface area contributed by atoms with Gasteiger partial charge in [0, 0.05) is 19.0 Å². The molecule has 24 heavy (non-hydrogen) atoms. The van der Waals surface area contributed by atoms with Gasteiger partial charge in [-0.2, -0.15) is 0 Å². The van der Waals surface area contributed by atoms with E-state index >= 15 is 0 Å². The van der Waals surface area contributed by atoms with E-state index in [2.05, 4.69) is 0 Å². The van der Waals surface area contributed by atoms with Crippen LogP contribution in [0.1, 0.15) is 18.4 Å². The number of carbonyl (C=O) groups excluding carboxylic acids is 1. The molecule has 7 nitrogen and oxygen atoms in total. The normalized spacial score (nSPS) is 16.8. The summed E-state index contributed by atoms with van der Waals surface area (Å²) in [6, 6.07) is 5.38. The van der Waals surface area contributed by atoms with Gasteiger partial charge in [-0.3, -0.25) is 4.79 Å². The van der Waals surface area contributed by atoms with Crippen molar-refractivity contribution in [2.24, 2.45) is 11.7 Å². The Hall–Kier alpha value is -1.80. The van der Waals surface area contributed by atoms with Crippen LogP contribution < -0.4 is 15.2 Å². The second-order valence-electron chi connectivity index (χ2n) is 5.83. The first kappa shape index (κ1) is 18.5. The smallest absolute Gasteiger partial charge is 0.220 e. The SMILES string of the molecule is COc1ccc(CCS(=O)(=O)N2CCC(C(N)=O)CC2)cc1OC. The summed E-state index contributed by atoms with van der Waals surface area (Å²) >= 11 is 0. The van der Waals surface area contributed by atoms with Crippen LogP contribution in [0.15, 0.2) is 18.2 Å². The molecule has 0 bridgehead atoms. The summed E-state index contributed by atoms with van der Waals surface area (Å²) in [5, 5.41) is 0. The predicted molar refractivity (Wildman–Crippen MR) is 90.5 cm³/mol. The van der Waals surface area contributed by atoms with E-state index in [-0.39, 0.29) is 17.6 Å². The summed E-state index contributed by atoms with van der Waals surface area (Å²) in [5.41, 5.74) is 6.14. The highest BCUT2D eigenvalue weighted by Crippen LogP contribution is 2.28. The lowest BCUT2D eigenvalue weighted by molar-refractivity contribution is -0.122. The summed E-state index contributed by atoms with van der Waals surface area (Å²) in [6.07, 6.45) is 1.37. The molecule has 8 heteroatoms. The fourth-order valence-electron chi connectivity index (χ4n) is 2.83. The van der Waals surface area contributed by atoms with Crippen molar-refractivity contribution in [3.05, 3.63) is 23.8 Å². The van der Waals surface area contributed by atoms with Crippen LogP contribution in [-0.4, -0.2) is 51.7 Å². The quantitative estimate of drug-likeness (QED) is 0.778. The molecule has 0 spiro atoms. The van der Waals surface area contributed by atoms with Crippen molar-refractivity contribution in [2.75, 3.05) is 33.1 Å². The number of nitrogens with two attached hydrogens (primary N) is 1. The number of amides is 1. The lowest BCUT2D eigenvalue weighted by Gasteiger charge is -2.29. The molecule has 2 rings (SSSR count). The third kappa shape index (κ3) is 4.39. The molecule has 1 fully saturated rings. The molecule has 1 heterocycles. The van der Waals surface area contributed by atoms with Crippen LogP contribution in [0.4, 0.5) is 0 Å². The second kappa shape index (κ2) is 7.85. The van der Waals surface area contributed by atoms with Gasteiger partial charge < -0.3 is 15.2 Å². The summed E-state index contributed by atoms with van der Waals surface area (Å²) in [7, 11) is -0.261.